The predicted molar refractivity (Wildman–Crippen MR) is 139 cm³/mol. The van der Waals surface area contributed by atoms with E-state index in [2.05, 4.69) is 44.8 Å². The SMILES string of the molecule is C=Cc1ccnc(N2CCN(C)CC2)c1.CNc1cc2cc(/C(N)=C/N(C)N)c(F)cc2cn1. The van der Waals surface area contributed by atoms with E-state index in [4.69, 9.17) is 11.6 Å². The Morgan fingerprint density at radius 1 is 1.15 bits per heavy atom. The number of hydrogen-bond acceptors (Lipinski definition) is 8. The van der Waals surface area contributed by atoms with Gasteiger partial charge in [-0.1, -0.05) is 12.7 Å². The fraction of sp³-hybridized carbons (Fsp3) is 0.280. The Hall–Kier alpha value is -3.69. The Morgan fingerprint density at radius 3 is 2.53 bits per heavy atom. The molecule has 0 spiro atoms. The topological polar surface area (TPSA) is 99.6 Å². The summed E-state index contributed by atoms with van der Waals surface area (Å²) in [7, 11) is 5.55. The maximum absolute atomic E-state index is 14.0. The summed E-state index contributed by atoms with van der Waals surface area (Å²) in [4.78, 5) is 13.2. The van der Waals surface area contributed by atoms with Crippen molar-refractivity contribution < 1.29 is 4.39 Å². The zero-order valence-electron chi connectivity index (χ0n) is 20.0. The molecule has 0 unspecified atom stereocenters. The Bertz CT molecular complexity index is 1150. The standard InChI is InChI=1S/C13H16FN5.C12H17N3/c1-17-13-5-8-3-10(12(15)7-19(2)16)11(14)4-9(8)6-18-13;1-3-11-4-5-13-12(10-11)15-8-6-14(2)7-9-15/h3-7H,15-16H2,1-2H3,(H,17,18);3-5,10H,1,6-9H2,2H3/b12-7-;. The van der Waals surface area contributed by atoms with E-state index < -0.39 is 5.82 Å². The highest BCUT2D eigenvalue weighted by Gasteiger charge is 2.15. The number of pyridine rings is 2. The van der Waals surface area contributed by atoms with Crippen LogP contribution < -0.4 is 21.8 Å². The van der Waals surface area contributed by atoms with E-state index in [0.29, 0.717) is 16.8 Å². The first kappa shape index (κ1) is 24.9. The molecule has 1 aromatic carbocycles. The number of benzene rings is 1. The minimum atomic E-state index is -0.401. The zero-order chi connectivity index (χ0) is 24.7. The van der Waals surface area contributed by atoms with Crippen molar-refractivity contribution in [2.75, 3.05) is 57.5 Å². The van der Waals surface area contributed by atoms with Crippen LogP contribution in [0.4, 0.5) is 16.0 Å². The first-order valence-corrected chi connectivity index (χ1v) is 11.0. The number of aromatic nitrogens is 2. The summed E-state index contributed by atoms with van der Waals surface area (Å²) in [6.45, 7) is 8.12. The van der Waals surface area contributed by atoms with Gasteiger partial charge < -0.3 is 25.9 Å². The van der Waals surface area contributed by atoms with Gasteiger partial charge in [0, 0.05) is 69.8 Å². The quantitative estimate of drug-likeness (QED) is 0.392. The molecule has 34 heavy (non-hydrogen) atoms. The number of piperazine rings is 1. The summed E-state index contributed by atoms with van der Waals surface area (Å²) in [5.41, 5.74) is 7.55. The lowest BCUT2D eigenvalue weighted by Gasteiger charge is -2.33. The summed E-state index contributed by atoms with van der Waals surface area (Å²) in [6, 6.07) is 9.00. The van der Waals surface area contributed by atoms with Crippen LogP contribution >= 0.6 is 0 Å². The monoisotopic (exact) mass is 464 g/mol. The molecule has 3 heterocycles. The average Bonchev–Trinajstić information content (AvgIpc) is 2.83. The van der Waals surface area contributed by atoms with Crippen LogP contribution in [0.25, 0.3) is 22.5 Å². The van der Waals surface area contributed by atoms with Crippen LogP contribution in [-0.4, -0.2) is 67.2 Å². The molecule has 0 saturated carbocycles. The van der Waals surface area contributed by atoms with Crippen LogP contribution in [0.15, 0.2) is 55.5 Å². The van der Waals surface area contributed by atoms with Gasteiger partial charge in [0.1, 0.15) is 17.5 Å². The molecule has 1 fully saturated rings. The van der Waals surface area contributed by atoms with Gasteiger partial charge in [0.15, 0.2) is 0 Å². The van der Waals surface area contributed by atoms with Crippen LogP contribution in [0.3, 0.4) is 0 Å². The molecule has 4 rings (SSSR count). The molecule has 0 radical (unpaired) electrons. The largest absolute Gasteiger partial charge is 0.397 e. The van der Waals surface area contributed by atoms with Crippen molar-refractivity contribution in [1.29, 1.82) is 0 Å². The molecule has 0 bridgehead atoms. The van der Waals surface area contributed by atoms with E-state index in [0.717, 1.165) is 42.9 Å². The Morgan fingerprint density at radius 2 is 1.88 bits per heavy atom. The van der Waals surface area contributed by atoms with Gasteiger partial charge in [-0.3, -0.25) is 0 Å². The molecule has 1 aliphatic heterocycles. The third kappa shape index (κ3) is 6.43. The molecule has 9 heteroatoms. The molecule has 1 aliphatic rings. The molecule has 5 N–H and O–H groups in total. The van der Waals surface area contributed by atoms with Crippen molar-refractivity contribution in [2.24, 2.45) is 11.6 Å². The predicted octanol–water partition coefficient (Wildman–Crippen LogP) is 2.95. The smallest absolute Gasteiger partial charge is 0.133 e. The maximum Gasteiger partial charge on any atom is 0.133 e. The summed E-state index contributed by atoms with van der Waals surface area (Å²) in [5, 5.41) is 5.79. The second-order valence-electron chi connectivity index (χ2n) is 8.19. The second kappa shape index (κ2) is 11.4. The van der Waals surface area contributed by atoms with Crippen LogP contribution in [0, 0.1) is 5.82 Å². The molecular formula is C25H33FN8. The van der Waals surface area contributed by atoms with Crippen LogP contribution in [0.5, 0.6) is 0 Å². The van der Waals surface area contributed by atoms with Gasteiger partial charge in [-0.05, 0) is 48.3 Å². The summed E-state index contributed by atoms with van der Waals surface area (Å²) >= 11 is 0. The molecular weight excluding hydrogens is 431 g/mol. The minimum Gasteiger partial charge on any atom is -0.397 e. The molecule has 180 valence electrons. The number of likely N-dealkylation sites (N-methyl/N-ethyl adjacent to an activating group) is 1. The lowest BCUT2D eigenvalue weighted by molar-refractivity contribution is 0.312. The summed E-state index contributed by atoms with van der Waals surface area (Å²) in [5.74, 6) is 6.85. The number of nitrogens with one attached hydrogen (secondary N) is 1. The van der Waals surface area contributed by atoms with E-state index in [9.17, 15) is 4.39 Å². The number of rotatable bonds is 5. The van der Waals surface area contributed by atoms with Crippen molar-refractivity contribution in [3.8, 4) is 0 Å². The highest BCUT2D eigenvalue weighted by atomic mass is 19.1. The number of nitrogens with zero attached hydrogens (tertiary/aromatic N) is 5. The van der Waals surface area contributed by atoms with Crippen molar-refractivity contribution in [3.05, 3.63) is 72.4 Å². The van der Waals surface area contributed by atoms with Gasteiger partial charge in [0.05, 0.1) is 5.70 Å². The summed E-state index contributed by atoms with van der Waals surface area (Å²) < 4.78 is 14.0. The lowest BCUT2D eigenvalue weighted by Crippen LogP contribution is -2.44. The first-order chi connectivity index (χ1) is 16.3. The Labute approximate surface area is 200 Å². The molecule has 0 atom stereocenters. The second-order valence-corrected chi connectivity index (χ2v) is 8.19. The van der Waals surface area contributed by atoms with E-state index in [-0.39, 0.29) is 5.70 Å². The highest BCUT2D eigenvalue weighted by Crippen LogP contribution is 2.24. The van der Waals surface area contributed by atoms with Crippen molar-refractivity contribution in [1.82, 2.24) is 19.9 Å². The maximum atomic E-state index is 14.0. The summed E-state index contributed by atoms with van der Waals surface area (Å²) in [6.07, 6.45) is 6.79. The molecule has 1 saturated heterocycles. The van der Waals surface area contributed by atoms with Crippen molar-refractivity contribution >= 4 is 34.2 Å². The zero-order valence-corrected chi connectivity index (χ0v) is 20.0. The number of anilines is 2. The Balaban J connectivity index is 0.000000196. The molecule has 2 aromatic heterocycles. The lowest BCUT2D eigenvalue weighted by atomic mass is 10.1. The van der Waals surface area contributed by atoms with E-state index >= 15 is 0 Å². The number of hydrogen-bond donors (Lipinski definition) is 3. The highest BCUT2D eigenvalue weighted by molar-refractivity contribution is 5.87. The number of hydrazine groups is 1. The number of halogens is 1. The molecule has 0 aliphatic carbocycles. The molecule has 3 aromatic rings. The van der Waals surface area contributed by atoms with Crippen molar-refractivity contribution in [3.63, 3.8) is 0 Å². The van der Waals surface area contributed by atoms with E-state index in [1.807, 2.05) is 24.4 Å². The fourth-order valence-electron chi connectivity index (χ4n) is 3.58. The average molecular weight is 465 g/mol. The minimum absolute atomic E-state index is 0.271. The first-order valence-electron chi connectivity index (χ1n) is 11.0. The number of fused-ring (bicyclic) bond motifs is 1. The molecule has 8 nitrogen and oxygen atoms in total. The van der Waals surface area contributed by atoms with E-state index in [1.54, 1.807) is 26.4 Å². The van der Waals surface area contributed by atoms with Gasteiger partial charge in [-0.15, -0.1) is 0 Å². The Kier molecular flexibility index (Phi) is 8.39. The van der Waals surface area contributed by atoms with Gasteiger partial charge >= 0.3 is 0 Å². The molecule has 0 amide bonds. The van der Waals surface area contributed by atoms with Crippen LogP contribution in [-0.2, 0) is 0 Å². The van der Waals surface area contributed by atoms with E-state index in [1.165, 1.54) is 17.3 Å². The van der Waals surface area contributed by atoms with Crippen LogP contribution in [0.2, 0.25) is 0 Å². The van der Waals surface area contributed by atoms with Gasteiger partial charge in [0.2, 0.25) is 0 Å². The van der Waals surface area contributed by atoms with Gasteiger partial charge in [0.25, 0.3) is 0 Å². The normalized spacial score (nSPS) is 14.4. The third-order valence-electron chi connectivity index (χ3n) is 5.55. The van der Waals surface area contributed by atoms with Gasteiger partial charge in [-0.2, -0.15) is 0 Å². The third-order valence-corrected chi connectivity index (χ3v) is 5.55. The number of nitrogens with two attached hydrogens (primary N) is 2. The van der Waals surface area contributed by atoms with Crippen molar-refractivity contribution in [2.45, 2.75) is 0 Å². The van der Waals surface area contributed by atoms with Gasteiger partial charge in [-0.25, -0.2) is 20.2 Å². The van der Waals surface area contributed by atoms with Crippen LogP contribution in [0.1, 0.15) is 11.1 Å². The fourth-order valence-corrected chi connectivity index (χ4v) is 3.58.